The average Bonchev–Trinajstić information content (AvgIpc) is 1.96. The van der Waals surface area contributed by atoms with Crippen molar-refractivity contribution >= 4 is 6.29 Å². The molecular weight excluding hydrogens is 144 g/mol. The van der Waals surface area contributed by atoms with Crippen molar-refractivity contribution in [2.75, 3.05) is 0 Å². The van der Waals surface area contributed by atoms with Crippen molar-refractivity contribution in [1.82, 2.24) is 9.97 Å². The molecule has 0 unspecified atom stereocenters. The van der Waals surface area contributed by atoms with Gasteiger partial charge in [-0.1, -0.05) is 0 Å². The molecule has 0 aliphatic heterocycles. The minimum absolute atomic E-state index is 0.0509. The van der Waals surface area contributed by atoms with Crippen LogP contribution in [-0.2, 0) is 0 Å². The summed E-state index contributed by atoms with van der Waals surface area (Å²) < 4.78 is 0. The van der Waals surface area contributed by atoms with Crippen LogP contribution in [-0.4, -0.2) is 21.4 Å². The molecule has 0 saturated carbocycles. The first kappa shape index (κ1) is 7.65. The van der Waals surface area contributed by atoms with Crippen LogP contribution in [0.1, 0.15) is 22.0 Å². The van der Waals surface area contributed by atoms with Crippen LogP contribution >= 0.6 is 0 Å². The number of carbonyl (C=O) groups excluding carboxylic acids is 1. The van der Waals surface area contributed by atoms with E-state index in [0.29, 0.717) is 17.8 Å². The van der Waals surface area contributed by atoms with E-state index in [-0.39, 0.29) is 11.4 Å². The van der Waals surface area contributed by atoms with Gasteiger partial charge in [-0.05, 0) is 13.8 Å². The Hall–Kier alpha value is -1.45. The Morgan fingerprint density at radius 2 is 2.00 bits per heavy atom. The molecule has 0 amide bonds. The zero-order valence-electron chi connectivity index (χ0n) is 6.33. The van der Waals surface area contributed by atoms with E-state index in [4.69, 9.17) is 5.11 Å². The molecule has 58 valence electrons. The fourth-order valence-corrected chi connectivity index (χ4v) is 0.815. The monoisotopic (exact) mass is 152 g/mol. The van der Waals surface area contributed by atoms with Crippen LogP contribution in [0.4, 0.5) is 0 Å². The number of nitrogens with zero attached hydrogens (tertiary/aromatic N) is 2. The molecule has 0 saturated heterocycles. The highest BCUT2D eigenvalue weighted by atomic mass is 16.3. The largest absolute Gasteiger partial charge is 0.504 e. The number of hydrogen-bond donors (Lipinski definition) is 1. The smallest absolute Gasteiger partial charge is 0.172 e. The molecule has 0 fully saturated rings. The average molecular weight is 152 g/mol. The molecule has 4 nitrogen and oxygen atoms in total. The topological polar surface area (TPSA) is 63.1 Å². The molecule has 1 heterocycles. The van der Waals surface area contributed by atoms with Gasteiger partial charge in [0.1, 0.15) is 11.5 Å². The molecular formula is C7H8N2O2. The maximum Gasteiger partial charge on any atom is 0.172 e. The van der Waals surface area contributed by atoms with Crippen molar-refractivity contribution in [3.8, 4) is 5.75 Å². The Balaban J connectivity index is 3.35. The lowest BCUT2D eigenvalue weighted by Gasteiger charge is -2.00. The highest BCUT2D eigenvalue weighted by Crippen LogP contribution is 2.15. The van der Waals surface area contributed by atoms with Crippen molar-refractivity contribution in [1.29, 1.82) is 0 Å². The molecule has 1 aromatic heterocycles. The number of carbonyl (C=O) groups is 1. The predicted molar refractivity (Wildman–Crippen MR) is 38.6 cm³/mol. The lowest BCUT2D eigenvalue weighted by Crippen LogP contribution is -1.97. The summed E-state index contributed by atoms with van der Waals surface area (Å²) >= 11 is 0. The molecule has 0 bridgehead atoms. The SMILES string of the molecule is Cc1nc(C)c(O)c(C=O)n1. The van der Waals surface area contributed by atoms with E-state index in [9.17, 15) is 4.79 Å². The van der Waals surface area contributed by atoms with Crippen molar-refractivity contribution < 1.29 is 9.90 Å². The van der Waals surface area contributed by atoms with Gasteiger partial charge in [0.25, 0.3) is 0 Å². The number of aldehydes is 1. The van der Waals surface area contributed by atoms with E-state index >= 15 is 0 Å². The van der Waals surface area contributed by atoms with Gasteiger partial charge in [-0.25, -0.2) is 9.97 Å². The highest BCUT2D eigenvalue weighted by molar-refractivity contribution is 5.76. The predicted octanol–water partition coefficient (Wildman–Crippen LogP) is 0.612. The van der Waals surface area contributed by atoms with Gasteiger partial charge >= 0.3 is 0 Å². The van der Waals surface area contributed by atoms with Crippen molar-refractivity contribution in [2.45, 2.75) is 13.8 Å². The van der Waals surface area contributed by atoms with E-state index in [1.165, 1.54) is 0 Å². The Labute approximate surface area is 63.9 Å². The first-order valence-electron chi connectivity index (χ1n) is 3.14. The molecule has 0 atom stereocenters. The Bertz CT molecular complexity index is 297. The third-order valence-corrected chi connectivity index (χ3v) is 1.31. The van der Waals surface area contributed by atoms with Crippen LogP contribution in [0, 0.1) is 13.8 Å². The van der Waals surface area contributed by atoms with Gasteiger partial charge in [0.2, 0.25) is 0 Å². The van der Waals surface area contributed by atoms with E-state index in [0.717, 1.165) is 0 Å². The van der Waals surface area contributed by atoms with Gasteiger partial charge in [0.05, 0.1) is 5.69 Å². The maximum absolute atomic E-state index is 10.3. The standard InChI is InChI=1S/C7H8N2O2/c1-4-7(11)6(3-10)9-5(2)8-4/h3,11H,1-2H3. The Morgan fingerprint density at radius 1 is 1.36 bits per heavy atom. The van der Waals surface area contributed by atoms with Gasteiger partial charge in [-0.15, -0.1) is 0 Å². The molecule has 0 aliphatic rings. The summed E-state index contributed by atoms with van der Waals surface area (Å²) in [5, 5.41) is 9.17. The van der Waals surface area contributed by atoms with E-state index in [1.807, 2.05) is 0 Å². The summed E-state index contributed by atoms with van der Waals surface area (Å²) in [6.07, 6.45) is 0.511. The van der Waals surface area contributed by atoms with Crippen LogP contribution in [0.2, 0.25) is 0 Å². The van der Waals surface area contributed by atoms with E-state index in [2.05, 4.69) is 9.97 Å². The van der Waals surface area contributed by atoms with Gasteiger partial charge in [-0.2, -0.15) is 0 Å². The number of aromatic nitrogens is 2. The molecule has 1 rings (SSSR count). The third kappa shape index (κ3) is 1.34. The second-order valence-electron chi connectivity index (χ2n) is 2.21. The van der Waals surface area contributed by atoms with Gasteiger partial charge in [0, 0.05) is 0 Å². The van der Waals surface area contributed by atoms with Crippen LogP contribution in [0.5, 0.6) is 5.75 Å². The fraction of sp³-hybridized carbons (Fsp3) is 0.286. The van der Waals surface area contributed by atoms with Crippen LogP contribution in [0.3, 0.4) is 0 Å². The molecule has 1 N–H and O–H groups in total. The number of hydrogen-bond acceptors (Lipinski definition) is 4. The number of aromatic hydroxyl groups is 1. The minimum atomic E-state index is -0.134. The maximum atomic E-state index is 10.3. The normalized spacial score (nSPS) is 9.64. The second-order valence-corrected chi connectivity index (χ2v) is 2.21. The third-order valence-electron chi connectivity index (χ3n) is 1.31. The van der Waals surface area contributed by atoms with E-state index < -0.39 is 0 Å². The van der Waals surface area contributed by atoms with Crippen molar-refractivity contribution in [3.63, 3.8) is 0 Å². The first-order valence-corrected chi connectivity index (χ1v) is 3.14. The van der Waals surface area contributed by atoms with Gasteiger partial charge in [0.15, 0.2) is 12.0 Å². The van der Waals surface area contributed by atoms with Crippen LogP contribution in [0.25, 0.3) is 0 Å². The molecule has 1 aromatic rings. The summed E-state index contributed by atoms with van der Waals surface area (Å²) in [5.74, 6) is 0.355. The molecule has 4 heteroatoms. The van der Waals surface area contributed by atoms with Crippen LogP contribution in [0.15, 0.2) is 0 Å². The Morgan fingerprint density at radius 3 is 2.55 bits per heavy atom. The Kier molecular flexibility index (Phi) is 1.85. The minimum Gasteiger partial charge on any atom is -0.504 e. The lowest BCUT2D eigenvalue weighted by atomic mass is 10.3. The van der Waals surface area contributed by atoms with Crippen molar-refractivity contribution in [2.24, 2.45) is 0 Å². The summed E-state index contributed by atoms with van der Waals surface area (Å²) in [7, 11) is 0. The molecule has 0 aromatic carbocycles. The van der Waals surface area contributed by atoms with Crippen molar-refractivity contribution in [3.05, 3.63) is 17.2 Å². The summed E-state index contributed by atoms with van der Waals surface area (Å²) in [6.45, 7) is 3.29. The summed E-state index contributed by atoms with van der Waals surface area (Å²) in [4.78, 5) is 17.9. The van der Waals surface area contributed by atoms with Crippen LogP contribution < -0.4 is 0 Å². The van der Waals surface area contributed by atoms with Gasteiger partial charge < -0.3 is 5.11 Å². The zero-order valence-corrected chi connectivity index (χ0v) is 6.33. The highest BCUT2D eigenvalue weighted by Gasteiger charge is 2.06. The first-order chi connectivity index (χ1) is 5.15. The molecule has 11 heavy (non-hydrogen) atoms. The molecule has 0 spiro atoms. The summed E-state index contributed by atoms with van der Waals surface area (Å²) in [5.41, 5.74) is 0.481. The number of aryl methyl sites for hydroxylation is 2. The second kappa shape index (κ2) is 2.65. The fourth-order valence-electron chi connectivity index (χ4n) is 0.815. The molecule has 0 aliphatic carbocycles. The lowest BCUT2D eigenvalue weighted by molar-refractivity contribution is 0.111. The van der Waals surface area contributed by atoms with Gasteiger partial charge in [-0.3, -0.25) is 4.79 Å². The number of rotatable bonds is 1. The summed E-state index contributed by atoms with van der Waals surface area (Å²) in [6, 6.07) is 0. The van der Waals surface area contributed by atoms with E-state index in [1.54, 1.807) is 13.8 Å². The quantitative estimate of drug-likeness (QED) is 0.599. The molecule has 0 radical (unpaired) electrons. The zero-order chi connectivity index (χ0) is 8.43.